The Hall–Kier alpha value is -4.14. The van der Waals surface area contributed by atoms with Crippen molar-refractivity contribution in [2.45, 2.75) is 18.5 Å². The first-order valence-corrected chi connectivity index (χ1v) is 13.6. The molecule has 0 aromatic heterocycles. The summed E-state index contributed by atoms with van der Waals surface area (Å²) in [4.78, 5) is 18.4. The normalized spacial score (nSPS) is 16.0. The number of nitrogens with one attached hydrogen (secondary N) is 1. The van der Waals surface area contributed by atoms with Gasteiger partial charge < -0.3 is 4.74 Å². The average Bonchev–Trinajstić information content (AvgIpc) is 2.96. The lowest BCUT2D eigenvalue weighted by Gasteiger charge is -2.34. The van der Waals surface area contributed by atoms with Gasteiger partial charge in [0, 0.05) is 21.6 Å². The predicted molar refractivity (Wildman–Crippen MR) is 151 cm³/mol. The van der Waals surface area contributed by atoms with Crippen LogP contribution in [0.4, 0.5) is 4.39 Å². The number of para-hydroxylation sites is 1. The van der Waals surface area contributed by atoms with Crippen LogP contribution in [0.1, 0.15) is 22.9 Å². The summed E-state index contributed by atoms with van der Waals surface area (Å²) in [6, 6.07) is 29.2. The first-order chi connectivity index (χ1) is 19.1. The van der Waals surface area contributed by atoms with Crippen LogP contribution in [-0.2, 0) is 17.2 Å². The molecule has 0 spiro atoms. The minimum Gasteiger partial charge on any atom is -0.488 e. The topological polar surface area (TPSA) is 66.3 Å². The molecule has 0 fully saturated rings. The van der Waals surface area contributed by atoms with E-state index in [0.29, 0.717) is 55.7 Å². The van der Waals surface area contributed by atoms with E-state index in [9.17, 15) is 9.18 Å². The number of carbonyl (C=O) groups is 1. The minimum atomic E-state index is -0.713. The van der Waals surface area contributed by atoms with Crippen LogP contribution in [0.5, 0.6) is 5.75 Å². The van der Waals surface area contributed by atoms with Crippen molar-refractivity contribution in [2.24, 2.45) is 10.1 Å². The molecule has 0 aliphatic carbocycles. The summed E-state index contributed by atoms with van der Waals surface area (Å²) >= 11 is 7.68. The van der Waals surface area contributed by atoms with Gasteiger partial charge in [-0.2, -0.15) is 0 Å². The summed E-state index contributed by atoms with van der Waals surface area (Å²) in [5.41, 5.74) is 2.57. The van der Waals surface area contributed by atoms with Gasteiger partial charge in [-0.05, 0) is 41.5 Å². The highest BCUT2D eigenvalue weighted by molar-refractivity contribution is 8.13. The highest BCUT2D eigenvalue weighted by Gasteiger charge is 2.36. The highest BCUT2D eigenvalue weighted by atomic mass is 35.5. The van der Waals surface area contributed by atoms with Crippen molar-refractivity contribution in [1.29, 1.82) is 0 Å². The number of rotatable bonds is 6. The fraction of sp³-hybridized carbons (Fsp3) is 0.100. The van der Waals surface area contributed by atoms with Gasteiger partial charge >= 0.3 is 0 Å². The molecule has 2 aliphatic rings. The van der Waals surface area contributed by atoms with Crippen molar-refractivity contribution in [1.82, 2.24) is 10.3 Å². The molecule has 0 saturated carbocycles. The molecule has 9 heteroatoms. The molecule has 39 heavy (non-hydrogen) atoms. The van der Waals surface area contributed by atoms with Crippen LogP contribution >= 0.6 is 23.4 Å². The number of benzene rings is 4. The van der Waals surface area contributed by atoms with E-state index in [2.05, 4.69) is 5.32 Å². The Balaban J connectivity index is 1.40. The van der Waals surface area contributed by atoms with Crippen LogP contribution in [0.3, 0.4) is 0 Å². The first kappa shape index (κ1) is 25.2. The Bertz CT molecular complexity index is 1710. The van der Waals surface area contributed by atoms with Crippen molar-refractivity contribution < 1.29 is 13.9 Å². The highest BCUT2D eigenvalue weighted by Crippen LogP contribution is 2.37. The van der Waals surface area contributed by atoms with Crippen molar-refractivity contribution in [2.75, 3.05) is 0 Å². The number of amides is 1. The number of ether oxygens (including phenoxy) is 1. The largest absolute Gasteiger partial charge is 0.488 e. The van der Waals surface area contributed by atoms with Crippen molar-refractivity contribution >= 4 is 40.1 Å². The number of nitrogens with zero attached hydrogens (tertiary/aromatic N) is 3. The number of carbonyl (C=O) groups excluding carboxylic acids is 1. The summed E-state index contributed by atoms with van der Waals surface area (Å²) in [6.45, 7) is 0.350. The number of hydrogen-bond donors (Lipinski definition) is 1. The van der Waals surface area contributed by atoms with Crippen LogP contribution in [0.25, 0.3) is 5.70 Å². The molecule has 1 N–H and O–H groups in total. The maximum atomic E-state index is 14.2. The standard InChI is InChI=1S/C30H22ClFN4O2S/c31-21-14-15-26(38-17-19-8-2-1-3-9-19)23(16-21)28-33-25-13-7-5-11-22(25)27-29(37)34-30(35-36(27)28)39-18-20-10-4-6-12-24(20)32/h1-16,28H,17-18H2,(H,34,35,37)/t28-/m0/s1. The molecule has 0 radical (unpaired) electrons. The quantitative estimate of drug-likeness (QED) is 0.357. The molecule has 4 aromatic rings. The van der Waals surface area contributed by atoms with Crippen molar-refractivity contribution in [3.05, 3.63) is 135 Å². The third-order valence-corrected chi connectivity index (χ3v) is 7.47. The van der Waals surface area contributed by atoms with E-state index in [1.165, 1.54) is 17.8 Å². The van der Waals surface area contributed by atoms with Crippen LogP contribution in [0.15, 0.2) is 107 Å². The van der Waals surface area contributed by atoms with E-state index in [1.807, 2.05) is 54.6 Å². The lowest BCUT2D eigenvalue weighted by atomic mass is 10.1. The molecule has 0 saturated heterocycles. The Kier molecular flexibility index (Phi) is 7.04. The summed E-state index contributed by atoms with van der Waals surface area (Å²) in [7, 11) is 0. The summed E-state index contributed by atoms with van der Waals surface area (Å²) in [6.07, 6.45) is -0.713. The van der Waals surface area contributed by atoms with E-state index >= 15 is 0 Å². The number of amidine groups is 1. The van der Waals surface area contributed by atoms with E-state index < -0.39 is 6.17 Å². The summed E-state index contributed by atoms with van der Waals surface area (Å²) in [5.74, 6) is 0.259. The lowest BCUT2D eigenvalue weighted by molar-refractivity contribution is -0.116. The number of halogens is 2. The van der Waals surface area contributed by atoms with E-state index in [-0.39, 0.29) is 11.7 Å². The fourth-order valence-corrected chi connectivity index (χ4v) is 5.46. The van der Waals surface area contributed by atoms with Gasteiger partial charge in [0.1, 0.15) is 23.9 Å². The third kappa shape index (κ3) is 5.26. The molecule has 194 valence electrons. The first-order valence-electron chi connectivity index (χ1n) is 12.3. The number of hydrazone groups is 1. The van der Waals surface area contributed by atoms with E-state index in [1.54, 1.807) is 41.4 Å². The Morgan fingerprint density at radius 3 is 2.59 bits per heavy atom. The zero-order valence-corrected chi connectivity index (χ0v) is 22.1. The molecule has 2 aliphatic heterocycles. The molecule has 1 atom stereocenters. The smallest absolute Gasteiger partial charge is 0.276 e. The van der Waals surface area contributed by atoms with Crippen LogP contribution in [-0.4, -0.2) is 16.1 Å². The monoisotopic (exact) mass is 556 g/mol. The zero-order chi connectivity index (χ0) is 26.8. The fourth-order valence-electron chi connectivity index (χ4n) is 4.44. The predicted octanol–water partition coefficient (Wildman–Crippen LogP) is 5.13. The van der Waals surface area contributed by atoms with Gasteiger partial charge in [-0.3, -0.25) is 15.1 Å². The van der Waals surface area contributed by atoms with Gasteiger partial charge in [-0.1, -0.05) is 90.1 Å². The van der Waals surface area contributed by atoms with Gasteiger partial charge in [0.2, 0.25) is 0 Å². The molecule has 1 amide bonds. The zero-order valence-electron chi connectivity index (χ0n) is 20.6. The molecule has 0 bridgehead atoms. The minimum absolute atomic E-state index is 0.302. The molecular weight excluding hydrogens is 535 g/mol. The second kappa shape index (κ2) is 10.9. The van der Waals surface area contributed by atoms with E-state index in [4.69, 9.17) is 26.4 Å². The van der Waals surface area contributed by atoms with Gasteiger partial charge in [-0.15, -0.1) is 5.10 Å². The van der Waals surface area contributed by atoms with Gasteiger partial charge in [0.25, 0.3) is 5.91 Å². The number of thioether (sulfide) groups is 1. The van der Waals surface area contributed by atoms with Crippen LogP contribution in [0, 0.1) is 5.82 Å². The Labute approximate surface area is 233 Å². The maximum absolute atomic E-state index is 14.2. The lowest BCUT2D eigenvalue weighted by Crippen LogP contribution is -2.50. The molecule has 0 unspecified atom stereocenters. The summed E-state index contributed by atoms with van der Waals surface area (Å²) < 4.78 is 20.4. The third-order valence-electron chi connectivity index (χ3n) is 6.32. The second-order valence-corrected chi connectivity index (χ2v) is 10.3. The van der Waals surface area contributed by atoms with Crippen LogP contribution in [0.2, 0.25) is 5.02 Å². The van der Waals surface area contributed by atoms with Gasteiger partial charge in [0.15, 0.2) is 11.3 Å². The van der Waals surface area contributed by atoms with Gasteiger partial charge in [0.05, 0.1) is 5.36 Å². The molecule has 6 rings (SSSR count). The van der Waals surface area contributed by atoms with Crippen LogP contribution < -0.4 is 20.6 Å². The number of fused-ring (bicyclic) bond motifs is 2. The summed E-state index contributed by atoms with van der Waals surface area (Å²) in [5, 5.41) is 11.4. The molecule has 6 nitrogen and oxygen atoms in total. The van der Waals surface area contributed by atoms with E-state index in [0.717, 1.165) is 5.56 Å². The SMILES string of the molecule is O=C1NC(SCc2ccccc2F)=NN2C1=c1ccccc1=N[C@@H]2c1cc(Cl)ccc1OCc1ccccc1. The Morgan fingerprint density at radius 1 is 0.974 bits per heavy atom. The maximum Gasteiger partial charge on any atom is 0.276 e. The number of hydrogen-bond acceptors (Lipinski definition) is 6. The molecular formula is C30H22ClFN4O2S. The van der Waals surface area contributed by atoms with Gasteiger partial charge in [-0.25, -0.2) is 9.40 Å². The second-order valence-electron chi connectivity index (χ2n) is 8.91. The van der Waals surface area contributed by atoms with Crippen molar-refractivity contribution in [3.63, 3.8) is 0 Å². The molecule has 2 heterocycles. The van der Waals surface area contributed by atoms with Crippen molar-refractivity contribution in [3.8, 4) is 5.75 Å². The molecule has 4 aromatic carbocycles. The Morgan fingerprint density at radius 2 is 1.74 bits per heavy atom. The average molecular weight is 557 g/mol.